The van der Waals surface area contributed by atoms with Gasteiger partial charge in [0, 0.05) is 17.1 Å². The van der Waals surface area contributed by atoms with Gasteiger partial charge in [-0.1, -0.05) is 18.2 Å². The second kappa shape index (κ2) is 6.04. The quantitative estimate of drug-likeness (QED) is 0.699. The van der Waals surface area contributed by atoms with E-state index in [0.29, 0.717) is 25.9 Å². The van der Waals surface area contributed by atoms with E-state index in [0.717, 1.165) is 16.5 Å². The highest BCUT2D eigenvalue weighted by Crippen LogP contribution is 2.36. The zero-order chi connectivity index (χ0) is 16.4. The first-order valence-electron chi connectivity index (χ1n) is 7.85. The summed E-state index contributed by atoms with van der Waals surface area (Å²) < 4.78 is 5.01. The van der Waals surface area contributed by atoms with Crippen LogP contribution in [0.1, 0.15) is 25.3 Å². The molecule has 1 aliphatic rings. The molecule has 0 spiro atoms. The first-order valence-corrected chi connectivity index (χ1v) is 7.85. The lowest BCUT2D eigenvalue weighted by molar-refractivity contribution is -0.148. The van der Waals surface area contributed by atoms with Crippen molar-refractivity contribution in [3.05, 3.63) is 36.0 Å². The summed E-state index contributed by atoms with van der Waals surface area (Å²) in [5.41, 5.74) is 7.18. The molecule has 6 heteroatoms. The van der Waals surface area contributed by atoms with Crippen LogP contribution in [0.3, 0.4) is 0 Å². The molecule has 0 aliphatic heterocycles. The van der Waals surface area contributed by atoms with Crippen LogP contribution in [0, 0.1) is 0 Å². The van der Waals surface area contributed by atoms with E-state index >= 15 is 0 Å². The number of carbonyl (C=O) groups excluding carboxylic acids is 2. The summed E-state index contributed by atoms with van der Waals surface area (Å²) in [6.45, 7) is 2.05. The topological polar surface area (TPSA) is 97.2 Å². The number of para-hydroxylation sites is 1. The molecule has 0 saturated heterocycles. The van der Waals surface area contributed by atoms with Crippen molar-refractivity contribution >= 4 is 22.8 Å². The van der Waals surface area contributed by atoms with Crippen molar-refractivity contribution in [2.45, 2.75) is 37.8 Å². The number of hydrogen-bond donors (Lipinski definition) is 3. The van der Waals surface area contributed by atoms with Crippen LogP contribution < -0.4 is 11.1 Å². The Morgan fingerprint density at radius 1 is 1.39 bits per heavy atom. The van der Waals surface area contributed by atoms with Crippen molar-refractivity contribution < 1.29 is 14.3 Å². The zero-order valence-corrected chi connectivity index (χ0v) is 13.1. The summed E-state index contributed by atoms with van der Waals surface area (Å²) in [7, 11) is 0. The molecule has 0 bridgehead atoms. The van der Waals surface area contributed by atoms with E-state index in [2.05, 4.69) is 10.3 Å². The molecule has 1 atom stereocenters. The van der Waals surface area contributed by atoms with Crippen molar-refractivity contribution in [3.63, 3.8) is 0 Å². The van der Waals surface area contributed by atoms with Gasteiger partial charge in [0.2, 0.25) is 5.91 Å². The summed E-state index contributed by atoms with van der Waals surface area (Å²) in [4.78, 5) is 27.4. The van der Waals surface area contributed by atoms with Crippen LogP contribution in [0.25, 0.3) is 10.9 Å². The Labute approximate surface area is 134 Å². The Bertz CT molecular complexity index is 734. The van der Waals surface area contributed by atoms with Gasteiger partial charge < -0.3 is 20.8 Å². The average Bonchev–Trinajstić information content (AvgIpc) is 3.22. The third kappa shape index (κ3) is 3.07. The minimum absolute atomic E-state index is 0.303. The molecule has 4 N–H and O–H groups in total. The second-order valence-corrected chi connectivity index (χ2v) is 5.96. The van der Waals surface area contributed by atoms with Crippen molar-refractivity contribution in [3.8, 4) is 0 Å². The number of aromatic nitrogens is 1. The SMILES string of the molecule is CCOC(=O)C1(NC(=O)[C@H](N)Cc2c[nH]c3ccccc23)CC1. The normalized spacial score (nSPS) is 16.8. The monoisotopic (exact) mass is 315 g/mol. The maximum atomic E-state index is 12.3. The fourth-order valence-electron chi connectivity index (χ4n) is 2.73. The molecule has 122 valence electrons. The van der Waals surface area contributed by atoms with E-state index < -0.39 is 11.6 Å². The number of benzene rings is 1. The zero-order valence-electron chi connectivity index (χ0n) is 13.1. The number of hydrogen-bond acceptors (Lipinski definition) is 4. The molecular weight excluding hydrogens is 294 g/mol. The highest BCUT2D eigenvalue weighted by molar-refractivity contribution is 5.93. The van der Waals surface area contributed by atoms with Gasteiger partial charge in [0.1, 0.15) is 5.54 Å². The van der Waals surface area contributed by atoms with E-state index in [1.165, 1.54) is 0 Å². The average molecular weight is 315 g/mol. The Balaban J connectivity index is 1.65. The number of fused-ring (bicyclic) bond motifs is 1. The molecule has 1 heterocycles. The highest BCUT2D eigenvalue weighted by Gasteiger charge is 2.53. The molecule has 1 fully saturated rings. The van der Waals surface area contributed by atoms with Crippen LogP contribution in [0.2, 0.25) is 0 Å². The predicted octanol–water partition coefficient (Wildman–Crippen LogP) is 1.25. The van der Waals surface area contributed by atoms with Crippen molar-refractivity contribution in [2.24, 2.45) is 5.73 Å². The number of rotatable bonds is 6. The van der Waals surface area contributed by atoms with Gasteiger partial charge in [0.25, 0.3) is 0 Å². The van der Waals surface area contributed by atoms with Gasteiger partial charge in [-0.15, -0.1) is 0 Å². The third-order valence-electron chi connectivity index (χ3n) is 4.23. The van der Waals surface area contributed by atoms with Gasteiger partial charge in [-0.3, -0.25) is 4.79 Å². The molecular formula is C17H21N3O3. The summed E-state index contributed by atoms with van der Waals surface area (Å²) >= 11 is 0. The number of amides is 1. The molecule has 1 aromatic carbocycles. The van der Waals surface area contributed by atoms with Gasteiger partial charge >= 0.3 is 5.97 Å². The summed E-state index contributed by atoms with van der Waals surface area (Å²) in [5.74, 6) is -0.687. The minimum Gasteiger partial charge on any atom is -0.464 e. The molecule has 0 unspecified atom stereocenters. The first-order chi connectivity index (χ1) is 11.1. The van der Waals surface area contributed by atoms with Crippen molar-refractivity contribution in [2.75, 3.05) is 6.61 Å². The van der Waals surface area contributed by atoms with Crippen molar-refractivity contribution in [1.82, 2.24) is 10.3 Å². The number of ether oxygens (including phenoxy) is 1. The second-order valence-electron chi connectivity index (χ2n) is 5.96. The van der Waals surface area contributed by atoms with Gasteiger partial charge in [0.15, 0.2) is 0 Å². The van der Waals surface area contributed by atoms with E-state index in [1.54, 1.807) is 6.92 Å². The molecule has 1 amide bonds. The Morgan fingerprint density at radius 2 is 2.13 bits per heavy atom. The Hall–Kier alpha value is -2.34. The summed E-state index contributed by atoms with van der Waals surface area (Å²) in [6, 6.07) is 7.16. The number of nitrogens with one attached hydrogen (secondary N) is 2. The van der Waals surface area contributed by atoms with E-state index in [-0.39, 0.29) is 11.9 Å². The molecule has 1 saturated carbocycles. The third-order valence-corrected chi connectivity index (χ3v) is 4.23. The predicted molar refractivity (Wildman–Crippen MR) is 86.7 cm³/mol. The van der Waals surface area contributed by atoms with Gasteiger partial charge in [-0.25, -0.2) is 4.79 Å². The Kier molecular flexibility index (Phi) is 4.09. The molecule has 3 rings (SSSR count). The number of nitrogens with two attached hydrogens (primary N) is 1. The van der Waals surface area contributed by atoms with E-state index in [4.69, 9.17) is 10.5 Å². The summed E-state index contributed by atoms with van der Waals surface area (Å²) in [5, 5.41) is 3.82. The Morgan fingerprint density at radius 3 is 2.83 bits per heavy atom. The lowest BCUT2D eigenvalue weighted by atomic mass is 10.0. The maximum absolute atomic E-state index is 12.3. The first kappa shape index (κ1) is 15.6. The minimum atomic E-state index is -0.856. The van der Waals surface area contributed by atoms with E-state index in [9.17, 15) is 9.59 Å². The van der Waals surface area contributed by atoms with Crippen molar-refractivity contribution in [1.29, 1.82) is 0 Å². The molecule has 6 nitrogen and oxygen atoms in total. The molecule has 23 heavy (non-hydrogen) atoms. The maximum Gasteiger partial charge on any atom is 0.331 e. The molecule has 0 radical (unpaired) electrons. The van der Waals surface area contributed by atoms with Crippen LogP contribution in [0.4, 0.5) is 0 Å². The van der Waals surface area contributed by atoms with Gasteiger partial charge in [-0.2, -0.15) is 0 Å². The fourth-order valence-corrected chi connectivity index (χ4v) is 2.73. The number of aromatic amines is 1. The van der Waals surface area contributed by atoms with Gasteiger partial charge in [0.05, 0.1) is 12.6 Å². The highest BCUT2D eigenvalue weighted by atomic mass is 16.5. The largest absolute Gasteiger partial charge is 0.464 e. The van der Waals surface area contributed by atoms with Gasteiger partial charge in [-0.05, 0) is 37.8 Å². The summed E-state index contributed by atoms with van der Waals surface area (Å²) in [6.07, 6.45) is 3.50. The standard InChI is InChI=1S/C17H21N3O3/c1-2-23-16(22)17(7-8-17)20-15(21)13(18)9-11-10-19-14-6-4-3-5-12(11)14/h3-6,10,13,19H,2,7-9,18H2,1H3,(H,20,21)/t13-/m1/s1. The molecule has 2 aromatic rings. The van der Waals surface area contributed by atoms with Crippen LogP contribution in [-0.4, -0.2) is 35.0 Å². The van der Waals surface area contributed by atoms with Crippen LogP contribution in [0.5, 0.6) is 0 Å². The lowest BCUT2D eigenvalue weighted by Crippen LogP contribution is -2.51. The van der Waals surface area contributed by atoms with Crippen LogP contribution in [-0.2, 0) is 20.7 Å². The number of esters is 1. The number of carbonyl (C=O) groups is 2. The van der Waals surface area contributed by atoms with Crippen LogP contribution in [0.15, 0.2) is 30.5 Å². The molecule has 1 aliphatic carbocycles. The molecule has 1 aromatic heterocycles. The van der Waals surface area contributed by atoms with E-state index in [1.807, 2.05) is 30.5 Å². The number of H-pyrrole nitrogens is 1. The lowest BCUT2D eigenvalue weighted by Gasteiger charge is -2.18. The van der Waals surface area contributed by atoms with Crippen LogP contribution >= 0.6 is 0 Å². The smallest absolute Gasteiger partial charge is 0.331 e. The fraction of sp³-hybridized carbons (Fsp3) is 0.412.